The highest BCUT2D eigenvalue weighted by Gasteiger charge is 2.26. The van der Waals surface area contributed by atoms with Crippen molar-refractivity contribution in [1.29, 1.82) is 0 Å². The fraction of sp³-hybridized carbons (Fsp3) is 0.333. The number of hydrogen-bond acceptors (Lipinski definition) is 6. The van der Waals surface area contributed by atoms with Crippen molar-refractivity contribution in [3.63, 3.8) is 0 Å². The van der Waals surface area contributed by atoms with Crippen LogP contribution in [0.4, 0.5) is 11.4 Å². The summed E-state index contributed by atoms with van der Waals surface area (Å²) in [5.41, 5.74) is 3.07. The van der Waals surface area contributed by atoms with Crippen LogP contribution in [0, 0.1) is 0 Å². The second-order valence-electron chi connectivity index (χ2n) is 10.1. The Balaban J connectivity index is 1.22. The van der Waals surface area contributed by atoms with Crippen LogP contribution in [0.2, 0.25) is 0 Å². The van der Waals surface area contributed by atoms with Crippen molar-refractivity contribution in [2.24, 2.45) is 9.98 Å². The van der Waals surface area contributed by atoms with Crippen LogP contribution in [0.25, 0.3) is 0 Å². The van der Waals surface area contributed by atoms with Crippen LogP contribution in [0.1, 0.15) is 49.7 Å². The maximum absolute atomic E-state index is 12.9. The van der Waals surface area contributed by atoms with Crippen LogP contribution in [-0.2, 0) is 20.0 Å². The van der Waals surface area contributed by atoms with E-state index in [1.807, 2.05) is 24.3 Å². The lowest BCUT2D eigenvalue weighted by atomic mass is 10.1. The Morgan fingerprint density at radius 3 is 1.27 bits per heavy atom. The molecular weight excluding hydrogens is 544 g/mol. The normalized spacial score (nSPS) is 18.0. The van der Waals surface area contributed by atoms with E-state index >= 15 is 0 Å². The van der Waals surface area contributed by atoms with Crippen LogP contribution in [-0.4, -0.2) is 64.1 Å². The summed E-state index contributed by atoms with van der Waals surface area (Å²) in [4.78, 5) is 9.60. The van der Waals surface area contributed by atoms with Gasteiger partial charge in [0.05, 0.1) is 21.2 Å². The van der Waals surface area contributed by atoms with Crippen LogP contribution in [0.15, 0.2) is 92.6 Å². The van der Waals surface area contributed by atoms with Gasteiger partial charge in [-0.15, -0.1) is 0 Å². The summed E-state index contributed by atoms with van der Waals surface area (Å²) in [6.07, 6.45) is 9.22. The largest absolute Gasteiger partial charge is 0.256 e. The van der Waals surface area contributed by atoms with E-state index in [0.717, 1.165) is 49.7 Å². The molecular formula is C30H34N4O4S2. The van der Waals surface area contributed by atoms with Gasteiger partial charge in [0.25, 0.3) is 0 Å². The number of aliphatic imine (C=N–C) groups is 2. The summed E-state index contributed by atoms with van der Waals surface area (Å²) >= 11 is 0. The van der Waals surface area contributed by atoms with E-state index in [1.54, 1.807) is 69.6 Å². The zero-order chi connectivity index (χ0) is 28.0. The van der Waals surface area contributed by atoms with Crippen molar-refractivity contribution in [2.45, 2.75) is 48.3 Å². The van der Waals surface area contributed by atoms with Crippen molar-refractivity contribution in [1.82, 2.24) is 8.61 Å². The average Bonchev–Trinajstić information content (AvgIpc) is 3.00. The molecule has 0 saturated carbocycles. The summed E-state index contributed by atoms with van der Waals surface area (Å²) in [5.74, 6) is 0. The average molecular weight is 579 g/mol. The minimum Gasteiger partial charge on any atom is -0.256 e. The van der Waals surface area contributed by atoms with Gasteiger partial charge in [-0.05, 0) is 91.4 Å². The minimum absolute atomic E-state index is 0.295. The lowest BCUT2D eigenvalue weighted by molar-refractivity contribution is 0.346. The van der Waals surface area contributed by atoms with Crippen molar-refractivity contribution >= 4 is 43.9 Å². The van der Waals surface area contributed by atoms with E-state index in [1.165, 1.54) is 0 Å². The number of hydrogen-bond donors (Lipinski definition) is 0. The van der Waals surface area contributed by atoms with Crippen molar-refractivity contribution < 1.29 is 16.8 Å². The van der Waals surface area contributed by atoms with Crippen molar-refractivity contribution in [3.05, 3.63) is 83.9 Å². The summed E-state index contributed by atoms with van der Waals surface area (Å²) in [6, 6.07) is 21.0. The lowest BCUT2D eigenvalue weighted by Crippen LogP contribution is -2.35. The third kappa shape index (κ3) is 6.75. The number of sulfonamides is 2. The topological polar surface area (TPSA) is 99.5 Å². The van der Waals surface area contributed by atoms with E-state index in [-0.39, 0.29) is 0 Å². The molecule has 5 rings (SSSR count). The number of benzene rings is 3. The summed E-state index contributed by atoms with van der Waals surface area (Å²) in [7, 11) is -6.92. The molecule has 0 bridgehead atoms. The van der Waals surface area contributed by atoms with Gasteiger partial charge in [0.1, 0.15) is 0 Å². The monoisotopic (exact) mass is 578 g/mol. The minimum atomic E-state index is -3.46. The summed E-state index contributed by atoms with van der Waals surface area (Å²) in [6.45, 7) is 2.31. The standard InChI is InChI=1S/C30H34N4O4S2/c35-39(36,33-18-3-1-4-19-33)29-14-10-27(11-15-29)31-23-25-8-7-9-26(22-25)24-32-28-12-16-30(17-13-28)40(37,38)34-20-5-2-6-21-34/h7-17,22-24H,1-6,18-21H2. The molecule has 0 aliphatic carbocycles. The van der Waals surface area contributed by atoms with E-state index in [2.05, 4.69) is 9.98 Å². The smallest absolute Gasteiger partial charge is 0.243 e. The van der Waals surface area contributed by atoms with Crippen LogP contribution < -0.4 is 0 Å². The molecule has 0 spiro atoms. The van der Waals surface area contributed by atoms with Crippen molar-refractivity contribution in [3.8, 4) is 0 Å². The second-order valence-corrected chi connectivity index (χ2v) is 14.0. The molecule has 2 aliphatic rings. The Morgan fingerprint density at radius 1 is 0.525 bits per heavy atom. The first kappa shape index (κ1) is 28.4. The zero-order valence-corrected chi connectivity index (χ0v) is 24.0. The third-order valence-electron chi connectivity index (χ3n) is 7.22. The molecule has 2 saturated heterocycles. The highest BCUT2D eigenvalue weighted by atomic mass is 32.2. The predicted molar refractivity (Wildman–Crippen MR) is 159 cm³/mol. The fourth-order valence-corrected chi connectivity index (χ4v) is 7.97. The van der Waals surface area contributed by atoms with Gasteiger partial charge in [-0.1, -0.05) is 31.0 Å². The zero-order valence-electron chi connectivity index (χ0n) is 22.4. The van der Waals surface area contributed by atoms with Crippen LogP contribution in [0.3, 0.4) is 0 Å². The summed E-state index contributed by atoms with van der Waals surface area (Å²) < 4.78 is 54.5. The highest BCUT2D eigenvalue weighted by Crippen LogP contribution is 2.24. The van der Waals surface area contributed by atoms with Gasteiger partial charge in [-0.25, -0.2) is 16.8 Å². The molecule has 0 aromatic heterocycles. The molecule has 2 fully saturated rings. The lowest BCUT2D eigenvalue weighted by Gasteiger charge is -2.25. The Morgan fingerprint density at radius 2 is 0.900 bits per heavy atom. The van der Waals surface area contributed by atoms with Crippen LogP contribution >= 0.6 is 0 Å². The quantitative estimate of drug-likeness (QED) is 0.328. The summed E-state index contributed by atoms with van der Waals surface area (Å²) in [5, 5.41) is 0. The van der Waals surface area contributed by atoms with Gasteiger partial charge in [0, 0.05) is 38.6 Å². The SMILES string of the molecule is O=S(=O)(c1ccc(N=Cc2cccc(C=Nc3ccc(S(=O)(=O)N4CCCCC4)cc3)c2)cc1)N1CCCCC1. The molecule has 0 unspecified atom stereocenters. The van der Waals surface area contributed by atoms with E-state index in [4.69, 9.17) is 0 Å². The van der Waals surface area contributed by atoms with E-state index in [9.17, 15) is 16.8 Å². The number of nitrogens with zero attached hydrogens (tertiary/aromatic N) is 4. The molecule has 8 nitrogen and oxygen atoms in total. The molecule has 40 heavy (non-hydrogen) atoms. The Kier molecular flexibility index (Phi) is 8.90. The maximum Gasteiger partial charge on any atom is 0.243 e. The fourth-order valence-electron chi connectivity index (χ4n) is 4.93. The van der Waals surface area contributed by atoms with Gasteiger partial charge in [0.2, 0.25) is 20.0 Å². The first-order valence-corrected chi connectivity index (χ1v) is 16.6. The molecule has 0 N–H and O–H groups in total. The van der Waals surface area contributed by atoms with Gasteiger partial charge >= 0.3 is 0 Å². The van der Waals surface area contributed by atoms with E-state index < -0.39 is 20.0 Å². The molecule has 2 heterocycles. The highest BCUT2D eigenvalue weighted by molar-refractivity contribution is 7.89. The molecule has 3 aromatic carbocycles. The van der Waals surface area contributed by atoms with Crippen molar-refractivity contribution in [2.75, 3.05) is 26.2 Å². The van der Waals surface area contributed by atoms with Crippen LogP contribution in [0.5, 0.6) is 0 Å². The number of rotatable bonds is 8. The van der Waals surface area contributed by atoms with Gasteiger partial charge < -0.3 is 0 Å². The third-order valence-corrected chi connectivity index (χ3v) is 11.0. The Labute approximate surface area is 237 Å². The van der Waals surface area contributed by atoms with Gasteiger partial charge in [0.15, 0.2) is 0 Å². The molecule has 0 radical (unpaired) electrons. The first-order chi connectivity index (χ1) is 19.3. The maximum atomic E-state index is 12.9. The molecule has 10 heteroatoms. The first-order valence-electron chi connectivity index (χ1n) is 13.7. The van der Waals surface area contributed by atoms with Gasteiger partial charge in [-0.3, -0.25) is 9.98 Å². The molecule has 3 aromatic rings. The molecule has 0 amide bonds. The second kappa shape index (κ2) is 12.6. The Hall–Kier alpha value is -3.18. The molecule has 2 aliphatic heterocycles. The Bertz CT molecular complexity index is 1450. The predicted octanol–water partition coefficient (Wildman–Crippen LogP) is 5.54. The molecule has 0 atom stereocenters. The van der Waals surface area contributed by atoms with Gasteiger partial charge in [-0.2, -0.15) is 8.61 Å². The molecule has 210 valence electrons. The van der Waals surface area contributed by atoms with E-state index in [0.29, 0.717) is 47.3 Å². The number of piperidine rings is 2.